The zero-order valence-electron chi connectivity index (χ0n) is 13.4. The molecule has 0 amide bonds. The average molecular weight is 291 g/mol. The minimum atomic E-state index is -0.543. The lowest BCUT2D eigenvalue weighted by Gasteiger charge is -2.32. The monoisotopic (exact) mass is 291 g/mol. The van der Waals surface area contributed by atoms with Gasteiger partial charge in [-0.3, -0.25) is 0 Å². The van der Waals surface area contributed by atoms with Crippen molar-refractivity contribution in [3.8, 4) is 0 Å². The molecule has 1 saturated heterocycles. The normalized spacial score (nSPS) is 20.9. The molecular formula is C16H23BFNO2. The predicted molar refractivity (Wildman–Crippen MR) is 84.3 cm³/mol. The maximum Gasteiger partial charge on any atom is 0.491 e. The van der Waals surface area contributed by atoms with Crippen molar-refractivity contribution in [2.45, 2.75) is 45.8 Å². The van der Waals surface area contributed by atoms with Crippen molar-refractivity contribution in [1.82, 2.24) is 0 Å². The Labute approximate surface area is 126 Å². The van der Waals surface area contributed by atoms with Gasteiger partial charge in [0.1, 0.15) is 5.82 Å². The van der Waals surface area contributed by atoms with Crippen LogP contribution in [0.4, 0.5) is 4.39 Å². The zero-order chi connectivity index (χ0) is 15.8. The Hall–Kier alpha value is -1.17. The van der Waals surface area contributed by atoms with E-state index in [4.69, 9.17) is 15.0 Å². The van der Waals surface area contributed by atoms with E-state index in [2.05, 4.69) is 0 Å². The van der Waals surface area contributed by atoms with E-state index >= 15 is 0 Å². The van der Waals surface area contributed by atoms with E-state index < -0.39 is 18.3 Å². The minimum absolute atomic E-state index is 0.255. The molecule has 0 bridgehead atoms. The molecule has 1 heterocycles. The van der Waals surface area contributed by atoms with Crippen LogP contribution in [0.5, 0.6) is 0 Å². The zero-order valence-corrected chi connectivity index (χ0v) is 13.4. The van der Waals surface area contributed by atoms with Gasteiger partial charge < -0.3 is 15.0 Å². The van der Waals surface area contributed by atoms with Crippen LogP contribution in [0.3, 0.4) is 0 Å². The minimum Gasteiger partial charge on any atom is -0.400 e. The molecule has 0 aliphatic carbocycles. The van der Waals surface area contributed by atoms with Crippen molar-refractivity contribution in [3.05, 3.63) is 40.6 Å². The first kappa shape index (κ1) is 16.2. The van der Waals surface area contributed by atoms with Gasteiger partial charge in [0.2, 0.25) is 0 Å². The Balaban J connectivity index is 2.36. The molecular weight excluding hydrogens is 268 g/mol. The number of benzene rings is 1. The van der Waals surface area contributed by atoms with E-state index in [1.54, 1.807) is 12.1 Å². The molecule has 1 fully saturated rings. The summed E-state index contributed by atoms with van der Waals surface area (Å²) < 4.78 is 25.9. The van der Waals surface area contributed by atoms with Crippen molar-refractivity contribution in [1.29, 1.82) is 0 Å². The van der Waals surface area contributed by atoms with E-state index in [9.17, 15) is 4.39 Å². The molecule has 0 atom stereocenters. The van der Waals surface area contributed by atoms with Crippen LogP contribution < -0.4 is 5.73 Å². The fourth-order valence-electron chi connectivity index (χ4n) is 2.23. The molecule has 1 aromatic carbocycles. The van der Waals surface area contributed by atoms with E-state index in [0.29, 0.717) is 5.56 Å². The highest BCUT2D eigenvalue weighted by molar-refractivity contribution is 6.55. The van der Waals surface area contributed by atoms with Crippen LogP contribution in [-0.2, 0) is 9.31 Å². The van der Waals surface area contributed by atoms with Crippen LogP contribution in [0.25, 0.3) is 6.08 Å². The summed E-state index contributed by atoms with van der Waals surface area (Å²) in [6.45, 7) is 10.0. The van der Waals surface area contributed by atoms with Crippen LogP contribution in [0.2, 0.25) is 0 Å². The standard InChI is InChI=1S/C16H23BFNO2/c1-11-7-6-8-14(18)13(11)9-12(10-19)17-20-15(2,3)16(4,5)21-17/h6-9H,10,19H2,1-5H3. The summed E-state index contributed by atoms with van der Waals surface area (Å²) in [7, 11) is -0.543. The van der Waals surface area contributed by atoms with Crippen LogP contribution in [0, 0.1) is 12.7 Å². The summed E-state index contributed by atoms with van der Waals surface area (Å²) in [5, 5.41) is 0. The lowest BCUT2D eigenvalue weighted by Crippen LogP contribution is -2.41. The van der Waals surface area contributed by atoms with Gasteiger partial charge in [-0.05, 0) is 51.7 Å². The molecule has 0 spiro atoms. The average Bonchev–Trinajstić information content (AvgIpc) is 2.58. The number of nitrogens with two attached hydrogens (primary N) is 1. The van der Waals surface area contributed by atoms with Crippen LogP contribution >= 0.6 is 0 Å². The van der Waals surface area contributed by atoms with Crippen molar-refractivity contribution in [2.75, 3.05) is 6.54 Å². The Morgan fingerprint density at radius 2 is 1.81 bits per heavy atom. The fraction of sp³-hybridized carbons (Fsp3) is 0.500. The Bertz CT molecular complexity index is 533. The molecule has 114 valence electrons. The lowest BCUT2D eigenvalue weighted by atomic mass is 9.77. The Morgan fingerprint density at radius 1 is 1.24 bits per heavy atom. The highest BCUT2D eigenvalue weighted by atomic mass is 19.1. The molecule has 0 unspecified atom stereocenters. The van der Waals surface area contributed by atoms with Crippen molar-refractivity contribution in [2.24, 2.45) is 5.73 Å². The molecule has 0 radical (unpaired) electrons. The Morgan fingerprint density at radius 3 is 2.29 bits per heavy atom. The van der Waals surface area contributed by atoms with Gasteiger partial charge >= 0.3 is 7.12 Å². The fourth-order valence-corrected chi connectivity index (χ4v) is 2.23. The van der Waals surface area contributed by atoms with Crippen LogP contribution in [-0.4, -0.2) is 24.9 Å². The molecule has 0 aromatic heterocycles. The summed E-state index contributed by atoms with van der Waals surface area (Å²) in [6, 6.07) is 5.00. The smallest absolute Gasteiger partial charge is 0.400 e. The van der Waals surface area contributed by atoms with Crippen molar-refractivity contribution >= 4 is 13.2 Å². The molecule has 2 rings (SSSR count). The molecule has 5 heteroatoms. The van der Waals surface area contributed by atoms with E-state index in [1.165, 1.54) is 6.07 Å². The van der Waals surface area contributed by atoms with Crippen LogP contribution in [0.1, 0.15) is 38.8 Å². The topological polar surface area (TPSA) is 44.5 Å². The summed E-state index contributed by atoms with van der Waals surface area (Å²) in [5.74, 6) is -0.266. The number of aryl methyl sites for hydroxylation is 1. The molecule has 3 nitrogen and oxygen atoms in total. The SMILES string of the molecule is Cc1cccc(F)c1C=C(CN)B1OC(C)(C)C(C)(C)O1. The van der Waals surface area contributed by atoms with Gasteiger partial charge in [0.25, 0.3) is 0 Å². The highest BCUT2D eigenvalue weighted by Crippen LogP contribution is 2.38. The summed E-state index contributed by atoms with van der Waals surface area (Å²) in [5.41, 5.74) is 7.09. The molecule has 1 aliphatic rings. The number of hydrogen-bond donors (Lipinski definition) is 1. The third-order valence-electron chi connectivity index (χ3n) is 4.39. The van der Waals surface area contributed by atoms with Gasteiger partial charge in [-0.25, -0.2) is 4.39 Å². The van der Waals surface area contributed by atoms with Gasteiger partial charge in [-0.15, -0.1) is 0 Å². The molecule has 21 heavy (non-hydrogen) atoms. The quantitative estimate of drug-likeness (QED) is 0.870. The molecule has 0 saturated carbocycles. The van der Waals surface area contributed by atoms with Gasteiger partial charge in [0.05, 0.1) is 11.2 Å². The second-order valence-electron chi connectivity index (χ2n) is 6.48. The second kappa shape index (κ2) is 5.56. The first-order valence-electron chi connectivity index (χ1n) is 7.19. The molecule has 1 aliphatic heterocycles. The largest absolute Gasteiger partial charge is 0.491 e. The van der Waals surface area contributed by atoms with Gasteiger partial charge in [0.15, 0.2) is 0 Å². The summed E-state index contributed by atoms with van der Waals surface area (Å²) >= 11 is 0. The second-order valence-corrected chi connectivity index (χ2v) is 6.48. The first-order valence-corrected chi connectivity index (χ1v) is 7.19. The van der Waals surface area contributed by atoms with Crippen molar-refractivity contribution < 1.29 is 13.7 Å². The van der Waals surface area contributed by atoms with Crippen LogP contribution in [0.15, 0.2) is 23.7 Å². The third-order valence-corrected chi connectivity index (χ3v) is 4.39. The maximum absolute atomic E-state index is 14.0. The van der Waals surface area contributed by atoms with Gasteiger partial charge in [-0.1, -0.05) is 18.2 Å². The number of rotatable bonds is 3. The van der Waals surface area contributed by atoms with E-state index in [1.807, 2.05) is 40.7 Å². The van der Waals surface area contributed by atoms with Gasteiger partial charge in [-0.2, -0.15) is 0 Å². The first-order chi connectivity index (χ1) is 9.68. The van der Waals surface area contributed by atoms with Crippen molar-refractivity contribution in [3.63, 3.8) is 0 Å². The maximum atomic E-state index is 14.0. The Kier molecular flexibility index (Phi) is 4.29. The van der Waals surface area contributed by atoms with E-state index in [-0.39, 0.29) is 12.4 Å². The summed E-state index contributed by atoms with van der Waals surface area (Å²) in [6.07, 6.45) is 1.74. The molecule has 1 aromatic rings. The third kappa shape index (κ3) is 3.05. The summed E-state index contributed by atoms with van der Waals surface area (Å²) in [4.78, 5) is 0. The predicted octanol–water partition coefficient (Wildman–Crippen LogP) is 3.11. The highest BCUT2D eigenvalue weighted by Gasteiger charge is 2.52. The van der Waals surface area contributed by atoms with Gasteiger partial charge in [0, 0.05) is 12.1 Å². The number of hydrogen-bond acceptors (Lipinski definition) is 3. The lowest BCUT2D eigenvalue weighted by molar-refractivity contribution is 0.00578. The van der Waals surface area contributed by atoms with E-state index in [0.717, 1.165) is 11.0 Å². The number of halogens is 1. The molecule has 2 N–H and O–H groups in total.